The molecule has 1 N–H and O–H groups in total. The Kier molecular flexibility index (Phi) is 3.71. The fraction of sp³-hybridized carbons (Fsp3) is 0.188. The Labute approximate surface area is 128 Å². The van der Waals surface area contributed by atoms with E-state index in [0.717, 1.165) is 40.1 Å². The third-order valence-electron chi connectivity index (χ3n) is 3.39. The molecule has 0 fully saturated rings. The van der Waals surface area contributed by atoms with Crippen LogP contribution in [-0.2, 0) is 6.42 Å². The van der Waals surface area contributed by atoms with Crippen LogP contribution in [0.3, 0.4) is 0 Å². The number of halogens is 1. The third kappa shape index (κ3) is 2.67. The van der Waals surface area contributed by atoms with Gasteiger partial charge in [-0.25, -0.2) is 9.97 Å². The molecule has 5 heteroatoms. The van der Waals surface area contributed by atoms with E-state index in [1.165, 1.54) is 0 Å². The number of pyridine rings is 1. The maximum atomic E-state index is 6.18. The third-order valence-corrected chi connectivity index (χ3v) is 3.75. The smallest absolute Gasteiger partial charge is 0.138 e. The number of aryl methyl sites for hydroxylation is 1. The Morgan fingerprint density at radius 3 is 2.86 bits per heavy atom. The van der Waals surface area contributed by atoms with Crippen molar-refractivity contribution in [3.8, 4) is 0 Å². The SMILES string of the molecule is CCc1nc(Cl)c(C)c(Nc2cccc3ccncc23)n1. The lowest BCUT2D eigenvalue weighted by atomic mass is 10.1. The van der Waals surface area contributed by atoms with E-state index in [9.17, 15) is 0 Å². The number of nitrogens with zero attached hydrogens (tertiary/aromatic N) is 3. The first kappa shape index (κ1) is 13.8. The second kappa shape index (κ2) is 5.66. The van der Waals surface area contributed by atoms with Crippen molar-refractivity contribution in [1.29, 1.82) is 0 Å². The monoisotopic (exact) mass is 298 g/mol. The minimum Gasteiger partial charge on any atom is -0.339 e. The van der Waals surface area contributed by atoms with Gasteiger partial charge in [-0.2, -0.15) is 0 Å². The summed E-state index contributed by atoms with van der Waals surface area (Å²) < 4.78 is 0. The van der Waals surface area contributed by atoms with Crippen molar-refractivity contribution in [3.05, 3.63) is 53.2 Å². The fourth-order valence-corrected chi connectivity index (χ4v) is 2.35. The predicted molar refractivity (Wildman–Crippen MR) is 86.2 cm³/mol. The number of nitrogens with one attached hydrogen (secondary N) is 1. The fourth-order valence-electron chi connectivity index (χ4n) is 2.16. The van der Waals surface area contributed by atoms with Crippen molar-refractivity contribution >= 4 is 33.9 Å². The van der Waals surface area contributed by atoms with Crippen LogP contribution in [-0.4, -0.2) is 15.0 Å². The standard InChI is InChI=1S/C16H15ClN4/c1-3-14-20-15(17)10(2)16(21-14)19-13-6-4-5-11-7-8-18-9-12(11)13/h4-9H,3H2,1-2H3,(H,19,20,21). The molecule has 4 nitrogen and oxygen atoms in total. The molecular formula is C16H15ClN4. The van der Waals surface area contributed by atoms with Gasteiger partial charge in [0.15, 0.2) is 0 Å². The first-order valence-corrected chi connectivity index (χ1v) is 7.19. The zero-order valence-corrected chi connectivity index (χ0v) is 12.6. The maximum absolute atomic E-state index is 6.18. The van der Waals surface area contributed by atoms with Gasteiger partial charge in [0.25, 0.3) is 0 Å². The molecule has 0 unspecified atom stereocenters. The molecule has 2 heterocycles. The number of aromatic nitrogens is 3. The average Bonchev–Trinajstić information content (AvgIpc) is 2.52. The van der Waals surface area contributed by atoms with Crippen molar-refractivity contribution < 1.29 is 0 Å². The lowest BCUT2D eigenvalue weighted by Crippen LogP contribution is -2.03. The Balaban J connectivity index is 2.09. The van der Waals surface area contributed by atoms with Crippen molar-refractivity contribution in [2.24, 2.45) is 0 Å². The van der Waals surface area contributed by atoms with E-state index < -0.39 is 0 Å². The van der Waals surface area contributed by atoms with E-state index in [1.54, 1.807) is 6.20 Å². The number of hydrogen-bond donors (Lipinski definition) is 1. The molecule has 0 aliphatic rings. The second-order valence-corrected chi connectivity index (χ2v) is 5.14. The van der Waals surface area contributed by atoms with E-state index in [-0.39, 0.29) is 0 Å². The van der Waals surface area contributed by atoms with Crippen molar-refractivity contribution in [2.45, 2.75) is 20.3 Å². The van der Waals surface area contributed by atoms with Gasteiger partial charge in [-0.3, -0.25) is 4.98 Å². The van der Waals surface area contributed by atoms with E-state index in [1.807, 2.05) is 38.2 Å². The van der Waals surface area contributed by atoms with Crippen LogP contribution in [0.1, 0.15) is 18.3 Å². The van der Waals surface area contributed by atoms with Gasteiger partial charge in [-0.15, -0.1) is 0 Å². The predicted octanol–water partition coefficient (Wildman–Crippen LogP) is 4.29. The van der Waals surface area contributed by atoms with Crippen LogP contribution in [0, 0.1) is 6.92 Å². The van der Waals surface area contributed by atoms with Crippen LogP contribution in [0.25, 0.3) is 10.8 Å². The molecule has 0 spiro atoms. The molecule has 0 atom stereocenters. The number of anilines is 2. The van der Waals surface area contributed by atoms with Gasteiger partial charge in [0.05, 0.1) is 0 Å². The van der Waals surface area contributed by atoms with Gasteiger partial charge in [-0.1, -0.05) is 30.7 Å². The zero-order valence-electron chi connectivity index (χ0n) is 11.9. The van der Waals surface area contributed by atoms with Crippen LogP contribution < -0.4 is 5.32 Å². The van der Waals surface area contributed by atoms with Gasteiger partial charge in [-0.05, 0) is 24.4 Å². The van der Waals surface area contributed by atoms with E-state index in [0.29, 0.717) is 5.15 Å². The number of fused-ring (bicyclic) bond motifs is 1. The Bertz CT molecular complexity index is 796. The summed E-state index contributed by atoms with van der Waals surface area (Å²) >= 11 is 6.18. The maximum Gasteiger partial charge on any atom is 0.138 e. The first-order chi connectivity index (χ1) is 10.2. The van der Waals surface area contributed by atoms with Crippen molar-refractivity contribution in [3.63, 3.8) is 0 Å². The molecule has 1 aromatic carbocycles. The molecule has 0 radical (unpaired) electrons. The van der Waals surface area contributed by atoms with Gasteiger partial charge in [0.1, 0.15) is 16.8 Å². The number of benzene rings is 1. The summed E-state index contributed by atoms with van der Waals surface area (Å²) in [5, 5.41) is 6.02. The average molecular weight is 299 g/mol. The minimum atomic E-state index is 0.489. The molecule has 0 aliphatic heterocycles. The van der Waals surface area contributed by atoms with E-state index >= 15 is 0 Å². The molecule has 21 heavy (non-hydrogen) atoms. The summed E-state index contributed by atoms with van der Waals surface area (Å²) in [6.45, 7) is 3.92. The van der Waals surface area contributed by atoms with Crippen LogP contribution >= 0.6 is 11.6 Å². The molecule has 3 aromatic rings. The summed E-state index contributed by atoms with van der Waals surface area (Å²) in [5.41, 5.74) is 1.80. The number of hydrogen-bond acceptors (Lipinski definition) is 4. The summed E-state index contributed by atoms with van der Waals surface area (Å²) in [7, 11) is 0. The van der Waals surface area contributed by atoms with E-state index in [4.69, 9.17) is 11.6 Å². The molecule has 0 bridgehead atoms. The quantitative estimate of drug-likeness (QED) is 0.733. The topological polar surface area (TPSA) is 50.7 Å². The largest absolute Gasteiger partial charge is 0.339 e. The Hall–Kier alpha value is -2.20. The lowest BCUT2D eigenvalue weighted by Gasteiger charge is -2.12. The van der Waals surface area contributed by atoms with Gasteiger partial charge >= 0.3 is 0 Å². The number of rotatable bonds is 3. The Morgan fingerprint density at radius 2 is 2.05 bits per heavy atom. The van der Waals surface area contributed by atoms with Gasteiger partial charge < -0.3 is 5.32 Å². The molecule has 0 amide bonds. The second-order valence-electron chi connectivity index (χ2n) is 4.79. The molecule has 2 aromatic heterocycles. The van der Waals surface area contributed by atoms with E-state index in [2.05, 4.69) is 26.3 Å². The molecule has 0 aliphatic carbocycles. The summed E-state index contributed by atoms with van der Waals surface area (Å²) in [6.07, 6.45) is 4.37. The molecule has 0 saturated carbocycles. The van der Waals surface area contributed by atoms with Crippen LogP contribution in [0.2, 0.25) is 5.15 Å². The molecular weight excluding hydrogens is 284 g/mol. The summed E-state index contributed by atoms with van der Waals surface area (Å²) in [4.78, 5) is 13.0. The molecule has 106 valence electrons. The minimum absolute atomic E-state index is 0.489. The summed E-state index contributed by atoms with van der Waals surface area (Å²) in [5.74, 6) is 1.47. The molecule has 0 saturated heterocycles. The van der Waals surface area contributed by atoms with Crippen molar-refractivity contribution in [1.82, 2.24) is 15.0 Å². The zero-order chi connectivity index (χ0) is 14.8. The summed E-state index contributed by atoms with van der Waals surface area (Å²) in [6, 6.07) is 8.05. The van der Waals surface area contributed by atoms with Gasteiger partial charge in [0.2, 0.25) is 0 Å². The van der Waals surface area contributed by atoms with Crippen LogP contribution in [0.4, 0.5) is 11.5 Å². The first-order valence-electron chi connectivity index (χ1n) is 6.82. The highest BCUT2D eigenvalue weighted by Gasteiger charge is 2.10. The van der Waals surface area contributed by atoms with Crippen LogP contribution in [0.15, 0.2) is 36.7 Å². The highest BCUT2D eigenvalue weighted by molar-refractivity contribution is 6.30. The normalized spacial score (nSPS) is 10.8. The van der Waals surface area contributed by atoms with Crippen LogP contribution in [0.5, 0.6) is 0 Å². The lowest BCUT2D eigenvalue weighted by molar-refractivity contribution is 0.934. The highest BCUT2D eigenvalue weighted by atomic mass is 35.5. The molecule has 3 rings (SSSR count). The highest BCUT2D eigenvalue weighted by Crippen LogP contribution is 2.28. The van der Waals surface area contributed by atoms with Crippen molar-refractivity contribution in [2.75, 3.05) is 5.32 Å². The van der Waals surface area contributed by atoms with Gasteiger partial charge in [0, 0.05) is 35.5 Å². The Morgan fingerprint density at radius 1 is 1.19 bits per heavy atom.